The normalized spacial score (nSPS) is 50.4. The molecule has 4 saturated carbocycles. The number of carbonyl (C=O) groups excluding carboxylic acids is 1. The van der Waals surface area contributed by atoms with Crippen LogP contribution in [0.4, 0.5) is 0 Å². The molecule has 4 fully saturated rings. The van der Waals surface area contributed by atoms with E-state index in [2.05, 4.69) is 20.8 Å². The van der Waals surface area contributed by atoms with Crippen LogP contribution in [-0.4, -0.2) is 39.3 Å². The number of carboxylic acids is 1. The Morgan fingerprint density at radius 3 is 2.55 bits per heavy atom. The zero-order valence-electron chi connectivity index (χ0n) is 18.1. The van der Waals surface area contributed by atoms with Gasteiger partial charge >= 0.3 is 5.97 Å². The predicted octanol–water partition coefficient (Wildman–Crippen LogP) is 3.66. The van der Waals surface area contributed by atoms with E-state index in [1.54, 1.807) is 0 Å². The smallest absolute Gasteiger partial charge is 0.303 e. The van der Waals surface area contributed by atoms with Crippen LogP contribution in [0.5, 0.6) is 0 Å². The molecule has 0 bridgehead atoms. The van der Waals surface area contributed by atoms with Crippen LogP contribution in [0, 0.1) is 46.3 Å². The van der Waals surface area contributed by atoms with Crippen molar-refractivity contribution in [1.82, 2.24) is 0 Å². The third-order valence-electron chi connectivity index (χ3n) is 10.2. The molecule has 0 saturated heterocycles. The van der Waals surface area contributed by atoms with Crippen molar-refractivity contribution in [2.45, 2.75) is 90.8 Å². The summed E-state index contributed by atoms with van der Waals surface area (Å²) >= 11 is 0. The van der Waals surface area contributed by atoms with Gasteiger partial charge in [0, 0.05) is 19.3 Å². The largest absolute Gasteiger partial charge is 0.481 e. The number of hydrogen-bond donors (Lipinski definition) is 3. The van der Waals surface area contributed by atoms with Gasteiger partial charge in [0.25, 0.3) is 0 Å². The summed E-state index contributed by atoms with van der Waals surface area (Å²) in [4.78, 5) is 23.1. The number of aliphatic carboxylic acids is 1. The Morgan fingerprint density at radius 2 is 1.86 bits per heavy atom. The number of hydrogen-bond acceptors (Lipinski definition) is 4. The molecular weight excluding hydrogens is 368 g/mol. The summed E-state index contributed by atoms with van der Waals surface area (Å²) in [7, 11) is 0. The molecule has 0 aromatic heterocycles. The zero-order chi connectivity index (χ0) is 21.1. The monoisotopic (exact) mass is 406 g/mol. The molecule has 164 valence electrons. The zero-order valence-corrected chi connectivity index (χ0v) is 18.1. The number of Topliss-reactive ketones (excluding diaryl/α,β-unsaturated/α-hetero) is 1. The molecule has 0 spiro atoms. The summed E-state index contributed by atoms with van der Waals surface area (Å²) in [6.45, 7) is 6.65. The Balaban J connectivity index is 1.60. The van der Waals surface area contributed by atoms with Crippen molar-refractivity contribution in [2.24, 2.45) is 46.3 Å². The van der Waals surface area contributed by atoms with Gasteiger partial charge in [-0.2, -0.15) is 0 Å². The number of ketones is 1. The highest BCUT2D eigenvalue weighted by Crippen LogP contribution is 2.68. The third-order valence-corrected chi connectivity index (χ3v) is 10.2. The van der Waals surface area contributed by atoms with Crippen molar-refractivity contribution < 1.29 is 24.9 Å². The van der Waals surface area contributed by atoms with Crippen LogP contribution in [0.25, 0.3) is 0 Å². The number of aliphatic hydroxyl groups excluding tert-OH is 2. The Kier molecular flexibility index (Phi) is 5.39. The van der Waals surface area contributed by atoms with Crippen molar-refractivity contribution in [2.75, 3.05) is 0 Å². The first-order valence-electron chi connectivity index (χ1n) is 11.7. The lowest BCUT2D eigenvalue weighted by Gasteiger charge is -2.63. The Hall–Kier alpha value is -0.940. The molecule has 0 heterocycles. The van der Waals surface area contributed by atoms with E-state index < -0.39 is 12.1 Å². The Bertz CT molecular complexity index is 676. The lowest BCUT2D eigenvalue weighted by atomic mass is 9.43. The number of aliphatic hydroxyl groups is 2. The van der Waals surface area contributed by atoms with Gasteiger partial charge < -0.3 is 15.3 Å². The van der Waals surface area contributed by atoms with E-state index in [0.29, 0.717) is 42.9 Å². The first-order valence-corrected chi connectivity index (χ1v) is 11.7. The first-order chi connectivity index (χ1) is 13.6. The van der Waals surface area contributed by atoms with E-state index in [1.165, 1.54) is 0 Å². The predicted molar refractivity (Wildman–Crippen MR) is 109 cm³/mol. The highest BCUT2D eigenvalue weighted by atomic mass is 16.4. The summed E-state index contributed by atoms with van der Waals surface area (Å²) in [6, 6.07) is 0. The third kappa shape index (κ3) is 3.18. The van der Waals surface area contributed by atoms with Gasteiger partial charge in [-0.3, -0.25) is 9.59 Å². The highest BCUT2D eigenvalue weighted by Gasteiger charge is 2.65. The molecule has 5 nitrogen and oxygen atoms in total. The lowest BCUT2D eigenvalue weighted by molar-refractivity contribution is -0.194. The van der Waals surface area contributed by atoms with Gasteiger partial charge in [-0.1, -0.05) is 20.8 Å². The van der Waals surface area contributed by atoms with E-state index in [9.17, 15) is 19.8 Å². The number of rotatable bonds is 4. The van der Waals surface area contributed by atoms with E-state index in [0.717, 1.165) is 32.1 Å². The molecule has 5 heteroatoms. The van der Waals surface area contributed by atoms with Crippen molar-refractivity contribution in [3.63, 3.8) is 0 Å². The summed E-state index contributed by atoms with van der Waals surface area (Å²) < 4.78 is 0. The van der Waals surface area contributed by atoms with Crippen LogP contribution in [-0.2, 0) is 9.59 Å². The minimum Gasteiger partial charge on any atom is -0.481 e. The lowest BCUT2D eigenvalue weighted by Crippen LogP contribution is -2.61. The molecular formula is C24H38O5. The van der Waals surface area contributed by atoms with Crippen LogP contribution < -0.4 is 0 Å². The van der Waals surface area contributed by atoms with Gasteiger partial charge in [0.05, 0.1) is 12.2 Å². The number of carbonyl (C=O) groups is 2. The molecule has 10 atom stereocenters. The average Bonchev–Trinajstić information content (AvgIpc) is 3.02. The van der Waals surface area contributed by atoms with E-state index in [-0.39, 0.29) is 41.0 Å². The van der Waals surface area contributed by atoms with Gasteiger partial charge in [-0.05, 0) is 84.9 Å². The molecule has 0 aromatic rings. The Morgan fingerprint density at radius 1 is 1.14 bits per heavy atom. The maximum absolute atomic E-state index is 12.1. The molecule has 0 amide bonds. The first kappa shape index (κ1) is 21.3. The molecule has 29 heavy (non-hydrogen) atoms. The summed E-state index contributed by atoms with van der Waals surface area (Å²) in [6.07, 6.45) is 5.58. The number of carboxylic acid groups (broad SMARTS) is 1. The van der Waals surface area contributed by atoms with Crippen LogP contribution in [0.15, 0.2) is 0 Å². The van der Waals surface area contributed by atoms with Crippen LogP contribution in [0.1, 0.15) is 78.6 Å². The molecule has 0 aromatic carbocycles. The fraction of sp³-hybridized carbons (Fsp3) is 0.917. The fourth-order valence-electron chi connectivity index (χ4n) is 8.57. The molecule has 4 aliphatic carbocycles. The van der Waals surface area contributed by atoms with Gasteiger partial charge in [-0.25, -0.2) is 0 Å². The minimum atomic E-state index is -0.748. The van der Waals surface area contributed by atoms with Crippen molar-refractivity contribution in [1.29, 1.82) is 0 Å². The molecule has 4 rings (SSSR count). The minimum absolute atomic E-state index is 0.0354. The maximum Gasteiger partial charge on any atom is 0.303 e. The fourth-order valence-corrected chi connectivity index (χ4v) is 8.57. The van der Waals surface area contributed by atoms with Crippen molar-refractivity contribution in [3.05, 3.63) is 0 Å². The van der Waals surface area contributed by atoms with Crippen molar-refractivity contribution >= 4 is 11.8 Å². The molecule has 4 aliphatic rings. The van der Waals surface area contributed by atoms with Crippen molar-refractivity contribution in [3.8, 4) is 0 Å². The second-order valence-electron chi connectivity index (χ2n) is 11.2. The Labute approximate surface area is 174 Å². The topological polar surface area (TPSA) is 94.8 Å². The second kappa shape index (κ2) is 7.33. The van der Waals surface area contributed by atoms with E-state index in [1.807, 2.05) is 0 Å². The summed E-state index contributed by atoms with van der Waals surface area (Å²) in [5.41, 5.74) is -0.266. The van der Waals surface area contributed by atoms with Crippen LogP contribution in [0.3, 0.4) is 0 Å². The molecule has 0 radical (unpaired) electrons. The second-order valence-corrected chi connectivity index (χ2v) is 11.2. The quantitative estimate of drug-likeness (QED) is 0.662. The summed E-state index contributed by atoms with van der Waals surface area (Å²) in [5, 5.41) is 31.6. The molecule has 0 aliphatic heterocycles. The van der Waals surface area contributed by atoms with E-state index in [4.69, 9.17) is 5.11 Å². The summed E-state index contributed by atoms with van der Waals surface area (Å²) in [5.74, 6) is 1.30. The average molecular weight is 407 g/mol. The van der Waals surface area contributed by atoms with Gasteiger partial charge in [0.1, 0.15) is 5.78 Å². The molecule has 0 unspecified atom stereocenters. The molecule has 3 N–H and O–H groups in total. The van der Waals surface area contributed by atoms with Crippen LogP contribution in [0.2, 0.25) is 0 Å². The van der Waals surface area contributed by atoms with Gasteiger partial charge in [0.15, 0.2) is 0 Å². The van der Waals surface area contributed by atoms with Gasteiger partial charge in [0.2, 0.25) is 0 Å². The van der Waals surface area contributed by atoms with E-state index >= 15 is 0 Å². The standard InChI is InChI=1S/C24H38O5/c1-13(4-7-22(28)29)16-5-6-17-15-11-20(26)19-10-14(25)8-9-23(19,2)18(15)12-21(27)24(16,17)3/h13,15-21,26-27H,4-12H2,1-3H3,(H,28,29)/t13-,15+,16-,17+,18+,19+,20-,21+,23-,24-/m1/s1. The van der Waals surface area contributed by atoms with Crippen LogP contribution >= 0.6 is 0 Å². The maximum atomic E-state index is 12.1. The SMILES string of the molecule is C[C@H](CCC(=O)O)[C@H]1CC[C@H]2[C@@H]3C[C@@H](O)[C@@H]4CC(=O)CC[C@]4(C)[C@H]3C[C@H](O)[C@]12C. The highest BCUT2D eigenvalue weighted by molar-refractivity contribution is 5.79. The van der Waals surface area contributed by atoms with Gasteiger partial charge in [-0.15, -0.1) is 0 Å². The number of fused-ring (bicyclic) bond motifs is 5.